The minimum Gasteiger partial charge on any atom is -0.396 e. The molecule has 0 spiro atoms. The Morgan fingerprint density at radius 1 is 1.24 bits per heavy atom. The number of hydrogen-bond donors (Lipinski definition) is 2. The van der Waals surface area contributed by atoms with Crippen molar-refractivity contribution in [2.45, 2.75) is 45.1 Å². The first-order valence-corrected chi connectivity index (χ1v) is 6.60. The van der Waals surface area contributed by atoms with Gasteiger partial charge in [-0.05, 0) is 44.7 Å². The minimum atomic E-state index is 0.0887. The van der Waals surface area contributed by atoms with E-state index in [4.69, 9.17) is 5.11 Å². The molecule has 2 heteroatoms. The molecule has 0 radical (unpaired) electrons. The number of rotatable bonds is 8. The van der Waals surface area contributed by atoms with Gasteiger partial charge in [-0.25, -0.2) is 0 Å². The lowest BCUT2D eigenvalue weighted by Gasteiger charge is -2.29. The zero-order valence-electron chi connectivity index (χ0n) is 11.1. The molecule has 0 saturated heterocycles. The number of benzene rings is 1. The van der Waals surface area contributed by atoms with Gasteiger partial charge in [0.15, 0.2) is 0 Å². The molecule has 1 atom stereocenters. The van der Waals surface area contributed by atoms with Crippen LogP contribution in [0.4, 0.5) is 0 Å². The Labute approximate surface area is 105 Å². The van der Waals surface area contributed by atoms with Gasteiger partial charge in [-0.2, -0.15) is 0 Å². The fourth-order valence-electron chi connectivity index (χ4n) is 1.96. The van der Waals surface area contributed by atoms with Crippen molar-refractivity contribution in [1.29, 1.82) is 0 Å². The first-order chi connectivity index (χ1) is 8.20. The highest BCUT2D eigenvalue weighted by Gasteiger charge is 2.19. The molecule has 1 rings (SSSR count). The average Bonchev–Trinajstić information content (AvgIpc) is 2.36. The van der Waals surface area contributed by atoms with Crippen molar-refractivity contribution in [3.63, 3.8) is 0 Å². The van der Waals surface area contributed by atoms with E-state index in [1.165, 1.54) is 5.56 Å². The number of nitrogens with one attached hydrogen (secondary N) is 1. The van der Waals surface area contributed by atoms with Crippen molar-refractivity contribution in [2.24, 2.45) is 0 Å². The summed E-state index contributed by atoms with van der Waals surface area (Å²) in [6, 6.07) is 10.6. The maximum Gasteiger partial charge on any atom is 0.0448 e. The SMILES string of the molecule is CCC(C)(CCO)NCCCc1ccccc1. The van der Waals surface area contributed by atoms with Crippen molar-refractivity contribution in [3.05, 3.63) is 35.9 Å². The second kappa shape index (κ2) is 7.46. The van der Waals surface area contributed by atoms with Crippen molar-refractivity contribution in [1.82, 2.24) is 5.32 Å². The number of aliphatic hydroxyl groups is 1. The molecule has 0 aliphatic heterocycles. The van der Waals surface area contributed by atoms with Crippen LogP contribution in [0.1, 0.15) is 38.7 Å². The van der Waals surface area contributed by atoms with E-state index in [2.05, 4.69) is 49.5 Å². The van der Waals surface area contributed by atoms with Crippen LogP contribution in [-0.2, 0) is 6.42 Å². The summed E-state index contributed by atoms with van der Waals surface area (Å²) in [5, 5.41) is 12.6. The molecule has 0 amide bonds. The number of hydrogen-bond acceptors (Lipinski definition) is 2. The highest BCUT2D eigenvalue weighted by atomic mass is 16.3. The molecule has 96 valence electrons. The van der Waals surface area contributed by atoms with Crippen molar-refractivity contribution >= 4 is 0 Å². The quantitative estimate of drug-likeness (QED) is 0.679. The molecule has 2 N–H and O–H groups in total. The Morgan fingerprint density at radius 3 is 2.53 bits per heavy atom. The summed E-state index contributed by atoms with van der Waals surface area (Å²) in [7, 11) is 0. The largest absolute Gasteiger partial charge is 0.396 e. The van der Waals surface area contributed by atoms with E-state index in [1.807, 2.05) is 0 Å². The Balaban J connectivity index is 2.23. The van der Waals surface area contributed by atoms with E-state index in [-0.39, 0.29) is 12.1 Å². The minimum absolute atomic E-state index is 0.0887. The second-order valence-corrected chi connectivity index (χ2v) is 4.90. The van der Waals surface area contributed by atoms with Gasteiger partial charge in [0.05, 0.1) is 0 Å². The van der Waals surface area contributed by atoms with E-state index in [0.29, 0.717) is 0 Å². The average molecular weight is 235 g/mol. The topological polar surface area (TPSA) is 32.3 Å². The summed E-state index contributed by atoms with van der Waals surface area (Å²) in [6.07, 6.45) is 4.14. The highest BCUT2D eigenvalue weighted by Crippen LogP contribution is 2.13. The van der Waals surface area contributed by atoms with Crippen LogP contribution in [0.5, 0.6) is 0 Å². The van der Waals surface area contributed by atoms with Gasteiger partial charge in [0.25, 0.3) is 0 Å². The first kappa shape index (κ1) is 14.2. The normalized spacial score (nSPS) is 14.5. The maximum atomic E-state index is 9.03. The Kier molecular flexibility index (Phi) is 6.23. The molecule has 0 fully saturated rings. The molecule has 2 nitrogen and oxygen atoms in total. The Bertz CT molecular complexity index is 299. The molecular weight excluding hydrogens is 210 g/mol. The summed E-state index contributed by atoms with van der Waals surface area (Å²) in [6.45, 7) is 5.63. The van der Waals surface area contributed by atoms with E-state index >= 15 is 0 Å². The van der Waals surface area contributed by atoms with Gasteiger partial charge in [-0.3, -0.25) is 0 Å². The zero-order chi connectivity index (χ0) is 12.6. The van der Waals surface area contributed by atoms with Crippen molar-refractivity contribution in [2.75, 3.05) is 13.2 Å². The van der Waals surface area contributed by atoms with Gasteiger partial charge in [0.1, 0.15) is 0 Å². The third-order valence-corrected chi connectivity index (χ3v) is 3.48. The molecular formula is C15H25NO. The highest BCUT2D eigenvalue weighted by molar-refractivity contribution is 5.14. The van der Waals surface area contributed by atoms with Gasteiger partial charge >= 0.3 is 0 Å². The molecule has 1 unspecified atom stereocenters. The van der Waals surface area contributed by atoms with Crippen LogP contribution in [0.2, 0.25) is 0 Å². The van der Waals surface area contributed by atoms with Crippen LogP contribution in [0.15, 0.2) is 30.3 Å². The molecule has 0 bridgehead atoms. The third-order valence-electron chi connectivity index (χ3n) is 3.48. The fraction of sp³-hybridized carbons (Fsp3) is 0.600. The monoisotopic (exact) mass is 235 g/mol. The lowest BCUT2D eigenvalue weighted by atomic mass is 9.94. The summed E-state index contributed by atoms with van der Waals surface area (Å²) in [4.78, 5) is 0. The summed E-state index contributed by atoms with van der Waals surface area (Å²) in [5.74, 6) is 0. The van der Waals surface area contributed by atoms with Gasteiger partial charge < -0.3 is 10.4 Å². The Hall–Kier alpha value is -0.860. The van der Waals surface area contributed by atoms with Crippen LogP contribution < -0.4 is 5.32 Å². The van der Waals surface area contributed by atoms with E-state index in [9.17, 15) is 0 Å². The van der Waals surface area contributed by atoms with Gasteiger partial charge in [-0.15, -0.1) is 0 Å². The first-order valence-electron chi connectivity index (χ1n) is 6.60. The van der Waals surface area contributed by atoms with Gasteiger partial charge in [0, 0.05) is 12.1 Å². The third kappa shape index (κ3) is 5.33. The van der Waals surface area contributed by atoms with Crippen LogP contribution in [0.25, 0.3) is 0 Å². The summed E-state index contributed by atoms with van der Waals surface area (Å²) < 4.78 is 0. The van der Waals surface area contributed by atoms with Crippen LogP contribution >= 0.6 is 0 Å². The van der Waals surface area contributed by atoms with Crippen LogP contribution in [0.3, 0.4) is 0 Å². The van der Waals surface area contributed by atoms with Crippen molar-refractivity contribution < 1.29 is 5.11 Å². The molecule has 0 aliphatic carbocycles. The standard InChI is InChI=1S/C15H25NO/c1-3-15(2,11-13-17)16-12-7-10-14-8-5-4-6-9-14/h4-6,8-9,16-17H,3,7,10-13H2,1-2H3. The molecule has 17 heavy (non-hydrogen) atoms. The molecule has 0 aromatic heterocycles. The van der Waals surface area contributed by atoms with E-state index < -0.39 is 0 Å². The molecule has 1 aromatic rings. The van der Waals surface area contributed by atoms with Crippen molar-refractivity contribution in [3.8, 4) is 0 Å². The smallest absolute Gasteiger partial charge is 0.0448 e. The molecule has 0 saturated carbocycles. The molecule has 0 aliphatic rings. The Morgan fingerprint density at radius 2 is 1.94 bits per heavy atom. The number of aryl methyl sites for hydroxylation is 1. The predicted octanol–water partition coefficient (Wildman–Crippen LogP) is 2.76. The number of aliphatic hydroxyl groups excluding tert-OH is 1. The lowest BCUT2D eigenvalue weighted by molar-refractivity contribution is 0.215. The van der Waals surface area contributed by atoms with E-state index in [1.54, 1.807) is 0 Å². The van der Waals surface area contributed by atoms with E-state index in [0.717, 1.165) is 32.2 Å². The summed E-state index contributed by atoms with van der Waals surface area (Å²) in [5.41, 5.74) is 1.49. The lowest BCUT2D eigenvalue weighted by Crippen LogP contribution is -2.43. The zero-order valence-corrected chi connectivity index (χ0v) is 11.1. The van der Waals surface area contributed by atoms with Crippen LogP contribution in [-0.4, -0.2) is 23.8 Å². The summed E-state index contributed by atoms with van der Waals surface area (Å²) >= 11 is 0. The molecule has 0 heterocycles. The van der Waals surface area contributed by atoms with Crippen LogP contribution in [0, 0.1) is 0 Å². The van der Waals surface area contributed by atoms with Gasteiger partial charge in [-0.1, -0.05) is 37.3 Å². The fourth-order valence-corrected chi connectivity index (χ4v) is 1.96. The second-order valence-electron chi connectivity index (χ2n) is 4.90. The molecule has 1 aromatic carbocycles. The maximum absolute atomic E-state index is 9.03. The van der Waals surface area contributed by atoms with Gasteiger partial charge in [0.2, 0.25) is 0 Å². The predicted molar refractivity (Wildman–Crippen MR) is 73.2 cm³/mol.